The van der Waals surface area contributed by atoms with Crippen molar-refractivity contribution in [1.82, 2.24) is 0 Å². The molecule has 16 heavy (non-hydrogen) atoms. The highest BCUT2D eigenvalue weighted by Gasteiger charge is 2.16. The predicted octanol–water partition coefficient (Wildman–Crippen LogP) is 2.14. The standard InChI is InChI=1S/C11H15F2NO2/c1-15-9-6-8(11(12)13)5-7(3-4-14)10(9)16-2/h5-6,11H,3-4,14H2,1-2H3. The molecular weight excluding hydrogens is 216 g/mol. The second-order valence-electron chi connectivity index (χ2n) is 3.25. The van der Waals surface area contributed by atoms with Gasteiger partial charge in [-0.15, -0.1) is 0 Å². The summed E-state index contributed by atoms with van der Waals surface area (Å²) in [5, 5.41) is 0. The number of hydrogen-bond donors (Lipinski definition) is 1. The van der Waals surface area contributed by atoms with E-state index < -0.39 is 6.43 Å². The molecule has 90 valence electrons. The third-order valence-electron chi connectivity index (χ3n) is 2.24. The Kier molecular flexibility index (Phi) is 4.49. The minimum absolute atomic E-state index is 0.0823. The Morgan fingerprint density at radius 1 is 1.25 bits per heavy atom. The summed E-state index contributed by atoms with van der Waals surface area (Å²) in [6, 6.07) is 2.68. The minimum Gasteiger partial charge on any atom is -0.493 e. The smallest absolute Gasteiger partial charge is 0.263 e. The maximum atomic E-state index is 12.6. The molecule has 5 heteroatoms. The van der Waals surface area contributed by atoms with Crippen molar-refractivity contribution in [3.63, 3.8) is 0 Å². The zero-order chi connectivity index (χ0) is 12.1. The lowest BCUT2D eigenvalue weighted by molar-refractivity contribution is 0.150. The van der Waals surface area contributed by atoms with Crippen LogP contribution in [0.2, 0.25) is 0 Å². The van der Waals surface area contributed by atoms with Gasteiger partial charge in [-0.1, -0.05) is 0 Å². The lowest BCUT2D eigenvalue weighted by atomic mass is 10.1. The van der Waals surface area contributed by atoms with Crippen LogP contribution in [0.4, 0.5) is 8.78 Å². The van der Waals surface area contributed by atoms with Gasteiger partial charge in [-0.2, -0.15) is 0 Å². The molecule has 1 aromatic carbocycles. The molecule has 0 aliphatic carbocycles. The lowest BCUT2D eigenvalue weighted by Crippen LogP contribution is -2.06. The second-order valence-corrected chi connectivity index (χ2v) is 3.25. The highest BCUT2D eigenvalue weighted by atomic mass is 19.3. The van der Waals surface area contributed by atoms with Crippen LogP contribution < -0.4 is 15.2 Å². The molecule has 0 aliphatic rings. The topological polar surface area (TPSA) is 44.5 Å². The van der Waals surface area contributed by atoms with Gasteiger partial charge in [0.05, 0.1) is 14.2 Å². The van der Waals surface area contributed by atoms with Crippen LogP contribution in [0.1, 0.15) is 17.6 Å². The van der Waals surface area contributed by atoms with E-state index in [4.69, 9.17) is 15.2 Å². The van der Waals surface area contributed by atoms with E-state index in [9.17, 15) is 8.78 Å². The van der Waals surface area contributed by atoms with E-state index in [1.165, 1.54) is 26.4 Å². The fourth-order valence-corrected chi connectivity index (χ4v) is 1.53. The molecule has 0 saturated carbocycles. The van der Waals surface area contributed by atoms with Crippen molar-refractivity contribution >= 4 is 0 Å². The fourth-order valence-electron chi connectivity index (χ4n) is 1.53. The summed E-state index contributed by atoms with van der Waals surface area (Å²) in [6.07, 6.45) is -2.06. The number of methoxy groups -OCH3 is 2. The van der Waals surface area contributed by atoms with Gasteiger partial charge in [-0.05, 0) is 30.7 Å². The first-order chi connectivity index (χ1) is 7.63. The number of nitrogens with two attached hydrogens (primary N) is 1. The first-order valence-electron chi connectivity index (χ1n) is 4.87. The normalized spacial score (nSPS) is 10.6. The summed E-state index contributed by atoms with van der Waals surface area (Å²) >= 11 is 0. The van der Waals surface area contributed by atoms with Crippen molar-refractivity contribution in [3.05, 3.63) is 23.3 Å². The molecule has 0 spiro atoms. The lowest BCUT2D eigenvalue weighted by Gasteiger charge is -2.14. The molecule has 0 aromatic heterocycles. The SMILES string of the molecule is COc1cc(C(F)F)cc(CCN)c1OC. The summed E-state index contributed by atoms with van der Waals surface area (Å²) in [5.41, 5.74) is 5.97. The van der Waals surface area contributed by atoms with Crippen molar-refractivity contribution in [2.75, 3.05) is 20.8 Å². The fraction of sp³-hybridized carbons (Fsp3) is 0.455. The third kappa shape index (κ3) is 2.61. The molecule has 1 rings (SSSR count). The van der Waals surface area contributed by atoms with Crippen LogP contribution in [0.15, 0.2) is 12.1 Å². The van der Waals surface area contributed by atoms with Crippen molar-refractivity contribution in [2.45, 2.75) is 12.8 Å². The van der Waals surface area contributed by atoms with Gasteiger partial charge in [0.25, 0.3) is 6.43 Å². The number of halogens is 2. The van der Waals surface area contributed by atoms with E-state index in [1.807, 2.05) is 0 Å². The van der Waals surface area contributed by atoms with Gasteiger partial charge in [-0.3, -0.25) is 0 Å². The van der Waals surface area contributed by atoms with Gasteiger partial charge < -0.3 is 15.2 Å². The Balaban J connectivity index is 3.25. The highest BCUT2D eigenvalue weighted by molar-refractivity contribution is 5.50. The van der Waals surface area contributed by atoms with Crippen LogP contribution >= 0.6 is 0 Å². The average molecular weight is 231 g/mol. The number of hydrogen-bond acceptors (Lipinski definition) is 3. The van der Waals surface area contributed by atoms with E-state index in [0.717, 1.165) is 0 Å². The number of benzene rings is 1. The Bertz CT molecular complexity index is 356. The molecule has 0 radical (unpaired) electrons. The minimum atomic E-state index is -2.53. The first-order valence-corrected chi connectivity index (χ1v) is 4.87. The van der Waals surface area contributed by atoms with Crippen molar-refractivity contribution < 1.29 is 18.3 Å². The van der Waals surface area contributed by atoms with Crippen molar-refractivity contribution in [1.29, 1.82) is 0 Å². The molecule has 3 nitrogen and oxygen atoms in total. The Morgan fingerprint density at radius 2 is 1.94 bits per heavy atom. The molecule has 2 N–H and O–H groups in total. The van der Waals surface area contributed by atoms with Crippen LogP contribution in [0, 0.1) is 0 Å². The summed E-state index contributed by atoms with van der Waals surface area (Å²) in [5.74, 6) is 0.779. The van der Waals surface area contributed by atoms with E-state index in [1.54, 1.807) is 0 Å². The van der Waals surface area contributed by atoms with Crippen LogP contribution in [0.5, 0.6) is 11.5 Å². The van der Waals surface area contributed by atoms with Crippen molar-refractivity contribution in [2.24, 2.45) is 5.73 Å². The number of rotatable bonds is 5. The van der Waals surface area contributed by atoms with E-state index in [2.05, 4.69) is 0 Å². The maximum Gasteiger partial charge on any atom is 0.263 e. The molecule has 0 saturated heterocycles. The monoisotopic (exact) mass is 231 g/mol. The molecule has 0 amide bonds. The largest absolute Gasteiger partial charge is 0.493 e. The van der Waals surface area contributed by atoms with Gasteiger partial charge in [0.1, 0.15) is 0 Å². The quantitative estimate of drug-likeness (QED) is 0.844. The van der Waals surface area contributed by atoms with Crippen LogP contribution in [-0.4, -0.2) is 20.8 Å². The predicted molar refractivity (Wildman–Crippen MR) is 57.3 cm³/mol. The molecule has 0 unspecified atom stereocenters. The van der Waals surface area contributed by atoms with Crippen molar-refractivity contribution in [3.8, 4) is 11.5 Å². The Morgan fingerprint density at radius 3 is 2.38 bits per heavy atom. The molecule has 0 heterocycles. The Labute approximate surface area is 93.2 Å². The third-order valence-corrected chi connectivity index (χ3v) is 2.24. The first kappa shape index (κ1) is 12.7. The van der Waals surface area contributed by atoms with Gasteiger partial charge in [0, 0.05) is 5.56 Å². The zero-order valence-corrected chi connectivity index (χ0v) is 9.30. The summed E-state index contributed by atoms with van der Waals surface area (Å²) in [7, 11) is 2.89. The van der Waals surface area contributed by atoms with Gasteiger partial charge in [0.15, 0.2) is 11.5 Å². The number of alkyl halides is 2. The highest BCUT2D eigenvalue weighted by Crippen LogP contribution is 2.35. The van der Waals surface area contributed by atoms with E-state index >= 15 is 0 Å². The summed E-state index contributed by atoms with van der Waals surface area (Å²) < 4.78 is 35.4. The molecule has 1 aromatic rings. The van der Waals surface area contributed by atoms with Gasteiger partial charge in [0.2, 0.25) is 0 Å². The second kappa shape index (κ2) is 5.65. The molecule has 0 aliphatic heterocycles. The molecule has 0 bridgehead atoms. The van der Waals surface area contributed by atoms with E-state index in [0.29, 0.717) is 30.0 Å². The Hall–Kier alpha value is -1.36. The zero-order valence-electron chi connectivity index (χ0n) is 9.30. The average Bonchev–Trinajstić information content (AvgIpc) is 2.28. The van der Waals surface area contributed by atoms with Crippen LogP contribution in [0.25, 0.3) is 0 Å². The summed E-state index contributed by atoms with van der Waals surface area (Å²) in [6.45, 7) is 0.367. The van der Waals surface area contributed by atoms with Crippen LogP contribution in [0.3, 0.4) is 0 Å². The van der Waals surface area contributed by atoms with Gasteiger partial charge in [-0.25, -0.2) is 8.78 Å². The summed E-state index contributed by atoms with van der Waals surface area (Å²) in [4.78, 5) is 0. The maximum absolute atomic E-state index is 12.6. The van der Waals surface area contributed by atoms with E-state index in [-0.39, 0.29) is 5.56 Å². The number of ether oxygens (including phenoxy) is 2. The van der Waals surface area contributed by atoms with Gasteiger partial charge >= 0.3 is 0 Å². The molecule has 0 fully saturated rings. The molecule has 0 atom stereocenters. The van der Waals surface area contributed by atoms with Crippen LogP contribution in [-0.2, 0) is 6.42 Å². The molecular formula is C11H15F2NO2.